The molecule has 2 atom stereocenters. The van der Waals surface area contributed by atoms with Crippen molar-refractivity contribution < 1.29 is 9.84 Å². The molecule has 0 heterocycles. The van der Waals surface area contributed by atoms with E-state index in [4.69, 9.17) is 4.74 Å². The third-order valence-electron chi connectivity index (χ3n) is 3.77. The number of hydrogen-bond acceptors (Lipinski definition) is 2. The summed E-state index contributed by atoms with van der Waals surface area (Å²) >= 11 is 0. The van der Waals surface area contributed by atoms with Gasteiger partial charge in [-0.2, -0.15) is 0 Å². The quantitative estimate of drug-likeness (QED) is 0.890. The zero-order valence-corrected chi connectivity index (χ0v) is 11.3. The number of rotatable bonds is 2. The van der Waals surface area contributed by atoms with Crippen LogP contribution in [-0.4, -0.2) is 11.2 Å². The van der Waals surface area contributed by atoms with Gasteiger partial charge in [0, 0.05) is 6.42 Å². The Labute approximate surface area is 113 Å². The van der Waals surface area contributed by atoms with Crippen molar-refractivity contribution in [3.8, 4) is 5.75 Å². The van der Waals surface area contributed by atoms with Crippen molar-refractivity contribution >= 4 is 0 Å². The summed E-state index contributed by atoms with van der Waals surface area (Å²) in [6, 6.07) is 14.2. The van der Waals surface area contributed by atoms with Gasteiger partial charge in [-0.1, -0.05) is 36.4 Å². The van der Waals surface area contributed by atoms with Gasteiger partial charge in [-0.3, -0.25) is 0 Å². The summed E-state index contributed by atoms with van der Waals surface area (Å²) in [5.41, 5.74) is 4.46. The van der Waals surface area contributed by atoms with Gasteiger partial charge in [0.25, 0.3) is 0 Å². The molecule has 0 aromatic heterocycles. The van der Waals surface area contributed by atoms with E-state index in [1.807, 2.05) is 38.1 Å². The molecular weight excluding hydrogens is 236 g/mol. The monoisotopic (exact) mass is 254 g/mol. The fourth-order valence-electron chi connectivity index (χ4n) is 2.64. The van der Waals surface area contributed by atoms with Gasteiger partial charge >= 0.3 is 0 Å². The second-order valence-electron chi connectivity index (χ2n) is 5.27. The highest BCUT2D eigenvalue weighted by Crippen LogP contribution is 2.34. The van der Waals surface area contributed by atoms with E-state index in [1.54, 1.807) is 0 Å². The predicted molar refractivity (Wildman–Crippen MR) is 75.4 cm³/mol. The van der Waals surface area contributed by atoms with E-state index < -0.39 is 6.10 Å². The first-order chi connectivity index (χ1) is 9.15. The zero-order valence-electron chi connectivity index (χ0n) is 11.3. The Balaban J connectivity index is 1.85. The second kappa shape index (κ2) is 4.71. The van der Waals surface area contributed by atoms with E-state index in [0.29, 0.717) is 0 Å². The van der Waals surface area contributed by atoms with Crippen molar-refractivity contribution in [2.45, 2.75) is 32.5 Å². The Kier molecular flexibility index (Phi) is 3.03. The minimum absolute atomic E-state index is 0.183. The second-order valence-corrected chi connectivity index (χ2v) is 5.27. The van der Waals surface area contributed by atoms with Crippen LogP contribution >= 0.6 is 0 Å². The Morgan fingerprint density at radius 1 is 1.11 bits per heavy atom. The molecule has 2 unspecified atom stereocenters. The highest BCUT2D eigenvalue weighted by molar-refractivity contribution is 5.39. The van der Waals surface area contributed by atoms with Crippen molar-refractivity contribution in [1.82, 2.24) is 0 Å². The number of hydrogen-bond donors (Lipinski definition) is 1. The first-order valence-corrected chi connectivity index (χ1v) is 6.65. The minimum Gasteiger partial charge on any atom is -0.487 e. The van der Waals surface area contributed by atoms with Gasteiger partial charge in [-0.05, 0) is 42.2 Å². The SMILES string of the molecule is Cc1ccc(C)c(OC2Cc3ccccc3C2O)c1. The maximum absolute atomic E-state index is 10.3. The zero-order chi connectivity index (χ0) is 13.4. The van der Waals surface area contributed by atoms with Gasteiger partial charge in [0.05, 0.1) is 0 Å². The highest BCUT2D eigenvalue weighted by Gasteiger charge is 2.32. The molecule has 0 amide bonds. The van der Waals surface area contributed by atoms with Gasteiger partial charge in [0.15, 0.2) is 0 Å². The van der Waals surface area contributed by atoms with E-state index in [0.717, 1.165) is 23.3 Å². The van der Waals surface area contributed by atoms with Gasteiger partial charge < -0.3 is 9.84 Å². The minimum atomic E-state index is -0.531. The van der Waals surface area contributed by atoms with E-state index in [-0.39, 0.29) is 6.10 Å². The molecule has 0 bridgehead atoms. The van der Waals surface area contributed by atoms with Gasteiger partial charge in [-0.25, -0.2) is 0 Å². The lowest BCUT2D eigenvalue weighted by atomic mass is 10.1. The molecule has 0 aliphatic heterocycles. The van der Waals surface area contributed by atoms with Gasteiger partial charge in [-0.15, -0.1) is 0 Å². The third kappa shape index (κ3) is 2.24. The predicted octanol–water partition coefficient (Wildman–Crippen LogP) is 3.34. The van der Waals surface area contributed by atoms with Crippen molar-refractivity contribution in [3.05, 3.63) is 64.7 Å². The van der Waals surface area contributed by atoms with E-state index >= 15 is 0 Å². The lowest BCUT2D eigenvalue weighted by Crippen LogP contribution is -2.22. The van der Waals surface area contributed by atoms with E-state index in [9.17, 15) is 5.11 Å². The maximum atomic E-state index is 10.3. The molecule has 1 N–H and O–H groups in total. The number of fused-ring (bicyclic) bond motifs is 1. The Morgan fingerprint density at radius 3 is 2.68 bits per heavy atom. The summed E-state index contributed by atoms with van der Waals surface area (Å²) in [5.74, 6) is 0.872. The maximum Gasteiger partial charge on any atom is 0.133 e. The molecule has 2 heteroatoms. The van der Waals surface area contributed by atoms with Gasteiger partial charge in [0.2, 0.25) is 0 Å². The molecule has 3 rings (SSSR count). The molecule has 98 valence electrons. The van der Waals surface area contributed by atoms with Crippen LogP contribution < -0.4 is 4.74 Å². The molecular formula is C17H18O2. The van der Waals surface area contributed by atoms with Crippen molar-refractivity contribution in [2.24, 2.45) is 0 Å². The van der Waals surface area contributed by atoms with E-state index in [2.05, 4.69) is 18.2 Å². The third-order valence-corrected chi connectivity index (χ3v) is 3.77. The Morgan fingerprint density at radius 2 is 1.89 bits per heavy atom. The molecule has 0 saturated heterocycles. The topological polar surface area (TPSA) is 29.5 Å². The normalized spacial score (nSPS) is 21.2. The van der Waals surface area contributed by atoms with Crippen LogP contribution in [0.3, 0.4) is 0 Å². The fourth-order valence-corrected chi connectivity index (χ4v) is 2.64. The highest BCUT2D eigenvalue weighted by atomic mass is 16.5. The Bertz CT molecular complexity index is 604. The largest absolute Gasteiger partial charge is 0.487 e. The summed E-state index contributed by atoms with van der Waals surface area (Å²) in [5, 5.41) is 10.3. The number of aliphatic hydroxyl groups excluding tert-OH is 1. The van der Waals surface area contributed by atoms with Gasteiger partial charge in [0.1, 0.15) is 18.0 Å². The van der Waals surface area contributed by atoms with Crippen LogP contribution in [0.25, 0.3) is 0 Å². The molecule has 0 saturated carbocycles. The summed E-state index contributed by atoms with van der Waals surface area (Å²) in [6.45, 7) is 4.08. The first kappa shape index (κ1) is 12.2. The smallest absolute Gasteiger partial charge is 0.133 e. The number of aliphatic hydroxyl groups is 1. The number of benzene rings is 2. The Hall–Kier alpha value is -1.80. The van der Waals surface area contributed by atoms with Crippen LogP contribution in [-0.2, 0) is 6.42 Å². The van der Waals surface area contributed by atoms with Crippen molar-refractivity contribution in [3.63, 3.8) is 0 Å². The van der Waals surface area contributed by atoms with Crippen molar-refractivity contribution in [2.75, 3.05) is 0 Å². The lowest BCUT2D eigenvalue weighted by Gasteiger charge is -2.19. The summed E-state index contributed by atoms with van der Waals surface area (Å²) in [7, 11) is 0. The van der Waals surface area contributed by atoms with Crippen LogP contribution in [0.5, 0.6) is 5.75 Å². The van der Waals surface area contributed by atoms with E-state index in [1.165, 1.54) is 11.1 Å². The molecule has 19 heavy (non-hydrogen) atoms. The molecule has 0 radical (unpaired) electrons. The average molecular weight is 254 g/mol. The molecule has 2 nitrogen and oxygen atoms in total. The lowest BCUT2D eigenvalue weighted by molar-refractivity contribution is 0.0489. The standard InChI is InChI=1S/C17H18O2/c1-11-7-8-12(2)15(9-11)19-16-10-13-5-3-4-6-14(13)17(16)18/h3-9,16-18H,10H2,1-2H3. The summed E-state index contributed by atoms with van der Waals surface area (Å²) in [4.78, 5) is 0. The number of aryl methyl sites for hydroxylation is 2. The van der Waals surface area contributed by atoms with Crippen LogP contribution in [0.1, 0.15) is 28.4 Å². The number of ether oxygens (including phenoxy) is 1. The van der Waals surface area contributed by atoms with Crippen molar-refractivity contribution in [1.29, 1.82) is 0 Å². The molecule has 1 aliphatic rings. The van der Waals surface area contributed by atoms with Crippen LogP contribution in [0.2, 0.25) is 0 Å². The molecule has 2 aromatic rings. The van der Waals surface area contributed by atoms with Crippen LogP contribution in [0.15, 0.2) is 42.5 Å². The fraction of sp³-hybridized carbons (Fsp3) is 0.294. The molecule has 0 fully saturated rings. The van der Waals surface area contributed by atoms with Crippen LogP contribution in [0, 0.1) is 13.8 Å². The molecule has 2 aromatic carbocycles. The van der Waals surface area contributed by atoms with Crippen LogP contribution in [0.4, 0.5) is 0 Å². The summed E-state index contributed by atoms with van der Waals surface area (Å²) in [6.07, 6.45) is 0.0547. The average Bonchev–Trinajstić information content (AvgIpc) is 2.72. The summed E-state index contributed by atoms with van der Waals surface area (Å²) < 4.78 is 6.03. The first-order valence-electron chi connectivity index (χ1n) is 6.65. The molecule has 0 spiro atoms. The molecule has 1 aliphatic carbocycles.